The lowest BCUT2D eigenvalue weighted by molar-refractivity contribution is 0.0342. The number of nitrogens with zero attached hydrogens (tertiary/aromatic N) is 3. The van der Waals surface area contributed by atoms with Crippen molar-refractivity contribution in [1.29, 1.82) is 0 Å². The zero-order valence-corrected chi connectivity index (χ0v) is 26.1. The van der Waals surface area contributed by atoms with Crippen LogP contribution in [-0.2, 0) is 28.0 Å². The lowest BCUT2D eigenvalue weighted by Gasteiger charge is -2.28. The van der Waals surface area contributed by atoms with Crippen LogP contribution in [0.1, 0.15) is 31.9 Å². The van der Waals surface area contributed by atoms with Crippen LogP contribution in [0.5, 0.6) is 5.75 Å². The van der Waals surface area contributed by atoms with Crippen LogP contribution in [0.2, 0.25) is 0 Å². The number of benzene rings is 2. The minimum Gasteiger partial charge on any atom is -0.497 e. The molecule has 2 N–H and O–H groups in total. The Morgan fingerprint density at radius 2 is 1.82 bits per heavy atom. The summed E-state index contributed by atoms with van der Waals surface area (Å²) in [5.74, 6) is 0.630. The summed E-state index contributed by atoms with van der Waals surface area (Å²) in [7, 11) is 3.17. The molecule has 2 aromatic heterocycles. The molecule has 0 spiro atoms. The SMILES string of the molecule is COCCn1c(=O)c(NC(=O)Nc2cc(CN3CCOCC3)ccc2C(C)(C)C)c(-c2cccc(OC)c2)c2cccnc21. The molecule has 1 fully saturated rings. The Labute approximate surface area is 258 Å². The van der Waals surface area contributed by atoms with E-state index in [1.807, 2.05) is 42.5 Å². The number of pyridine rings is 2. The maximum Gasteiger partial charge on any atom is 0.323 e. The van der Waals surface area contributed by atoms with E-state index < -0.39 is 6.03 Å². The van der Waals surface area contributed by atoms with Crippen LogP contribution in [0, 0.1) is 0 Å². The molecule has 2 aromatic carbocycles. The number of aromatic nitrogens is 2. The van der Waals surface area contributed by atoms with Gasteiger partial charge in [-0.15, -0.1) is 0 Å². The van der Waals surface area contributed by atoms with Crippen molar-refractivity contribution < 1.29 is 19.0 Å². The number of methoxy groups -OCH3 is 2. The number of hydrogen-bond donors (Lipinski definition) is 2. The van der Waals surface area contributed by atoms with Crippen molar-refractivity contribution in [1.82, 2.24) is 14.5 Å². The topological polar surface area (TPSA) is 107 Å². The number of nitrogens with one attached hydrogen (secondary N) is 2. The zero-order valence-electron chi connectivity index (χ0n) is 26.1. The van der Waals surface area contributed by atoms with Gasteiger partial charge in [-0.05, 0) is 52.4 Å². The summed E-state index contributed by atoms with van der Waals surface area (Å²) >= 11 is 0. The third kappa shape index (κ3) is 6.93. The van der Waals surface area contributed by atoms with Gasteiger partial charge in [0.15, 0.2) is 0 Å². The van der Waals surface area contributed by atoms with Crippen LogP contribution < -0.4 is 20.9 Å². The van der Waals surface area contributed by atoms with E-state index in [4.69, 9.17) is 14.2 Å². The summed E-state index contributed by atoms with van der Waals surface area (Å²) in [6.45, 7) is 10.8. The first-order valence-corrected chi connectivity index (χ1v) is 14.9. The van der Waals surface area contributed by atoms with Gasteiger partial charge in [0.2, 0.25) is 0 Å². The number of hydrogen-bond acceptors (Lipinski definition) is 7. The second-order valence-corrected chi connectivity index (χ2v) is 11.9. The largest absolute Gasteiger partial charge is 0.497 e. The molecule has 2 amide bonds. The van der Waals surface area contributed by atoms with E-state index in [2.05, 4.69) is 53.4 Å². The van der Waals surface area contributed by atoms with Crippen LogP contribution in [0.3, 0.4) is 0 Å². The molecule has 0 saturated carbocycles. The summed E-state index contributed by atoms with van der Waals surface area (Å²) < 4.78 is 17.8. The molecule has 1 saturated heterocycles. The molecule has 0 radical (unpaired) electrons. The molecule has 0 unspecified atom stereocenters. The highest BCUT2D eigenvalue weighted by atomic mass is 16.5. The second-order valence-electron chi connectivity index (χ2n) is 11.9. The molecule has 1 aliphatic heterocycles. The second kappa shape index (κ2) is 13.6. The van der Waals surface area contributed by atoms with Crippen molar-refractivity contribution in [3.8, 4) is 16.9 Å². The van der Waals surface area contributed by atoms with Gasteiger partial charge in [0, 0.05) is 49.6 Å². The minimum absolute atomic E-state index is 0.147. The average molecular weight is 600 g/mol. The number of morpholine rings is 1. The minimum atomic E-state index is -0.512. The van der Waals surface area contributed by atoms with E-state index in [1.165, 1.54) is 0 Å². The van der Waals surface area contributed by atoms with E-state index >= 15 is 0 Å². The Balaban J connectivity index is 1.57. The molecule has 5 rings (SSSR count). The molecule has 10 heteroatoms. The lowest BCUT2D eigenvalue weighted by Crippen LogP contribution is -2.35. The summed E-state index contributed by atoms with van der Waals surface area (Å²) in [6.07, 6.45) is 1.65. The Morgan fingerprint density at radius 3 is 2.55 bits per heavy atom. The Hall–Kier alpha value is -4.25. The van der Waals surface area contributed by atoms with E-state index in [-0.39, 0.29) is 23.2 Å². The zero-order chi connectivity index (χ0) is 31.3. The van der Waals surface area contributed by atoms with E-state index in [0.29, 0.717) is 42.5 Å². The maximum atomic E-state index is 14.1. The van der Waals surface area contributed by atoms with Gasteiger partial charge in [0.25, 0.3) is 5.56 Å². The van der Waals surface area contributed by atoms with Crippen molar-refractivity contribution in [2.24, 2.45) is 0 Å². The lowest BCUT2D eigenvalue weighted by atomic mass is 9.85. The summed E-state index contributed by atoms with van der Waals surface area (Å²) in [5.41, 5.74) is 4.11. The smallest absolute Gasteiger partial charge is 0.323 e. The summed E-state index contributed by atoms with van der Waals surface area (Å²) in [4.78, 5) is 34.8. The average Bonchev–Trinajstić information content (AvgIpc) is 3.01. The van der Waals surface area contributed by atoms with Crippen LogP contribution in [0.15, 0.2) is 65.6 Å². The standard InChI is InChI=1S/C34H41N5O5/c1-34(2,3)27-12-11-23(22-38-14-18-44-19-15-38)20-28(27)36-33(41)37-30-29(24-8-6-9-25(21-24)43-5)26-10-7-13-35-31(26)39(32(30)40)16-17-42-4/h6-13,20-21H,14-19,22H2,1-5H3,(H2,36,37,41). The van der Waals surface area contributed by atoms with Gasteiger partial charge < -0.3 is 24.8 Å². The normalized spacial score (nSPS) is 14.0. The van der Waals surface area contributed by atoms with Gasteiger partial charge in [-0.3, -0.25) is 14.3 Å². The number of amides is 2. The van der Waals surface area contributed by atoms with Crippen molar-refractivity contribution in [2.75, 3.05) is 57.8 Å². The first kappa shape index (κ1) is 31.2. The van der Waals surface area contributed by atoms with Gasteiger partial charge in [0.1, 0.15) is 17.1 Å². The van der Waals surface area contributed by atoms with Gasteiger partial charge in [-0.25, -0.2) is 9.78 Å². The summed E-state index contributed by atoms with van der Waals surface area (Å²) in [6, 6.07) is 16.8. The van der Waals surface area contributed by atoms with Crippen LogP contribution in [0.25, 0.3) is 22.2 Å². The van der Waals surface area contributed by atoms with Crippen molar-refractivity contribution >= 4 is 28.4 Å². The van der Waals surface area contributed by atoms with Gasteiger partial charge in [0.05, 0.1) is 33.5 Å². The highest BCUT2D eigenvalue weighted by Gasteiger charge is 2.24. The number of rotatable bonds is 9. The fourth-order valence-corrected chi connectivity index (χ4v) is 5.60. The fourth-order valence-electron chi connectivity index (χ4n) is 5.60. The van der Waals surface area contributed by atoms with Crippen molar-refractivity contribution in [2.45, 2.75) is 39.3 Å². The van der Waals surface area contributed by atoms with Gasteiger partial charge >= 0.3 is 6.03 Å². The van der Waals surface area contributed by atoms with Gasteiger partial charge in [-0.1, -0.05) is 45.0 Å². The number of fused-ring (bicyclic) bond motifs is 1. The number of carbonyl (C=O) groups excluding carboxylic acids is 1. The predicted molar refractivity (Wildman–Crippen MR) is 174 cm³/mol. The molecule has 10 nitrogen and oxygen atoms in total. The van der Waals surface area contributed by atoms with E-state index in [9.17, 15) is 9.59 Å². The first-order valence-electron chi connectivity index (χ1n) is 14.9. The molecule has 232 valence electrons. The molecular weight excluding hydrogens is 558 g/mol. The number of carbonyl (C=O) groups is 1. The van der Waals surface area contributed by atoms with Gasteiger partial charge in [-0.2, -0.15) is 0 Å². The monoisotopic (exact) mass is 599 g/mol. The van der Waals surface area contributed by atoms with E-state index in [0.717, 1.165) is 41.7 Å². The predicted octanol–water partition coefficient (Wildman–Crippen LogP) is 5.49. The van der Waals surface area contributed by atoms with Crippen LogP contribution in [-0.4, -0.2) is 67.6 Å². The molecule has 0 aliphatic carbocycles. The molecule has 0 atom stereocenters. The quantitative estimate of drug-likeness (QED) is 0.262. The molecular formula is C34H41N5O5. The third-order valence-corrected chi connectivity index (χ3v) is 7.79. The summed E-state index contributed by atoms with van der Waals surface area (Å²) in [5, 5.41) is 6.73. The Kier molecular flexibility index (Phi) is 9.63. The highest BCUT2D eigenvalue weighted by Crippen LogP contribution is 2.35. The fraction of sp³-hybridized carbons (Fsp3) is 0.382. The Morgan fingerprint density at radius 1 is 1.02 bits per heavy atom. The molecule has 0 bridgehead atoms. The highest BCUT2D eigenvalue weighted by molar-refractivity contribution is 6.07. The Bertz CT molecular complexity index is 1690. The molecule has 44 heavy (non-hydrogen) atoms. The maximum absolute atomic E-state index is 14.1. The molecule has 1 aliphatic rings. The van der Waals surface area contributed by atoms with Crippen LogP contribution in [0.4, 0.5) is 16.2 Å². The number of ether oxygens (including phenoxy) is 3. The number of anilines is 2. The van der Waals surface area contributed by atoms with Crippen LogP contribution >= 0.6 is 0 Å². The third-order valence-electron chi connectivity index (χ3n) is 7.79. The van der Waals surface area contributed by atoms with Crippen molar-refractivity contribution in [3.05, 3.63) is 82.3 Å². The molecule has 4 aromatic rings. The van der Waals surface area contributed by atoms with E-state index in [1.54, 1.807) is 25.0 Å². The van der Waals surface area contributed by atoms with Crippen molar-refractivity contribution in [3.63, 3.8) is 0 Å². The number of urea groups is 1. The molecule has 3 heterocycles. The first-order chi connectivity index (χ1) is 21.2.